The third kappa shape index (κ3) is 8.65. The Kier molecular flexibility index (Phi) is 9.89. The molecule has 7 heteroatoms. The first-order valence-corrected chi connectivity index (χ1v) is 10.4. The van der Waals surface area contributed by atoms with Crippen LogP contribution in [0.5, 0.6) is 17.2 Å². The Hall–Kier alpha value is -3.87. The number of aliphatic carboxylic acids is 1. The van der Waals surface area contributed by atoms with Gasteiger partial charge in [0.05, 0.1) is 27.2 Å². The third-order valence-electron chi connectivity index (χ3n) is 4.68. The molecule has 33 heavy (non-hydrogen) atoms. The van der Waals surface area contributed by atoms with Crippen molar-refractivity contribution in [3.05, 3.63) is 65.2 Å². The molecule has 0 radical (unpaired) electrons. The number of ketones is 2. The molecule has 2 aromatic rings. The van der Waals surface area contributed by atoms with Crippen LogP contribution in [0, 0.1) is 6.92 Å². The molecule has 0 aliphatic carbocycles. The summed E-state index contributed by atoms with van der Waals surface area (Å²) in [5.74, 6) is 0.189. The van der Waals surface area contributed by atoms with Crippen LogP contribution in [0.4, 0.5) is 0 Å². The van der Waals surface area contributed by atoms with Crippen LogP contribution >= 0.6 is 0 Å². The van der Waals surface area contributed by atoms with Crippen molar-refractivity contribution in [3.63, 3.8) is 0 Å². The van der Waals surface area contributed by atoms with Gasteiger partial charge >= 0.3 is 5.97 Å². The van der Waals surface area contributed by atoms with E-state index >= 15 is 0 Å². The molecule has 2 aromatic carbocycles. The van der Waals surface area contributed by atoms with Crippen LogP contribution in [-0.2, 0) is 14.4 Å². The van der Waals surface area contributed by atoms with E-state index in [1.165, 1.54) is 19.3 Å². The number of aryl methyl sites for hydroxylation is 1. The van der Waals surface area contributed by atoms with E-state index in [0.29, 0.717) is 23.5 Å². The first kappa shape index (κ1) is 25.4. The van der Waals surface area contributed by atoms with E-state index in [-0.39, 0.29) is 31.0 Å². The van der Waals surface area contributed by atoms with Gasteiger partial charge in [0.2, 0.25) is 0 Å². The molecule has 0 aliphatic heterocycles. The summed E-state index contributed by atoms with van der Waals surface area (Å²) in [4.78, 5) is 34.9. The van der Waals surface area contributed by atoms with Crippen LogP contribution in [0.1, 0.15) is 36.0 Å². The van der Waals surface area contributed by atoms with Gasteiger partial charge in [0.15, 0.2) is 23.1 Å². The van der Waals surface area contributed by atoms with E-state index < -0.39 is 5.97 Å². The summed E-state index contributed by atoms with van der Waals surface area (Å²) in [6.07, 6.45) is 6.16. The zero-order chi connectivity index (χ0) is 24.2. The molecule has 0 fully saturated rings. The number of hydrogen-bond acceptors (Lipinski definition) is 6. The Bertz CT molecular complexity index is 1050. The van der Waals surface area contributed by atoms with Crippen molar-refractivity contribution in [1.29, 1.82) is 0 Å². The number of benzene rings is 2. The highest BCUT2D eigenvalue weighted by atomic mass is 16.5. The largest absolute Gasteiger partial charge is 0.496 e. The highest BCUT2D eigenvalue weighted by Crippen LogP contribution is 2.28. The van der Waals surface area contributed by atoms with Crippen molar-refractivity contribution in [3.8, 4) is 17.2 Å². The zero-order valence-corrected chi connectivity index (χ0v) is 19.0. The summed E-state index contributed by atoms with van der Waals surface area (Å²) in [5.41, 5.74) is 2.51. The lowest BCUT2D eigenvalue weighted by Gasteiger charge is -2.10. The first-order valence-electron chi connectivity index (χ1n) is 10.4. The lowest BCUT2D eigenvalue weighted by atomic mass is 10.1. The van der Waals surface area contributed by atoms with Gasteiger partial charge in [-0.05, 0) is 60.4 Å². The number of rotatable bonds is 13. The van der Waals surface area contributed by atoms with Crippen molar-refractivity contribution < 1.29 is 33.7 Å². The quantitative estimate of drug-likeness (QED) is 0.271. The van der Waals surface area contributed by atoms with Gasteiger partial charge in [0.1, 0.15) is 5.75 Å². The van der Waals surface area contributed by atoms with Gasteiger partial charge in [-0.15, -0.1) is 0 Å². The molecule has 0 amide bonds. The fourth-order valence-electron chi connectivity index (χ4n) is 2.92. The number of carbonyl (C=O) groups excluding carboxylic acids is 2. The Balaban J connectivity index is 1.92. The van der Waals surface area contributed by atoms with Gasteiger partial charge in [0.25, 0.3) is 0 Å². The van der Waals surface area contributed by atoms with Gasteiger partial charge in [-0.1, -0.05) is 30.4 Å². The molecular weight excluding hydrogens is 424 g/mol. The summed E-state index contributed by atoms with van der Waals surface area (Å²) < 4.78 is 16.1. The minimum atomic E-state index is -0.875. The Morgan fingerprint density at radius 3 is 2.00 bits per heavy atom. The summed E-state index contributed by atoms with van der Waals surface area (Å²) >= 11 is 0. The van der Waals surface area contributed by atoms with Crippen molar-refractivity contribution in [2.75, 3.05) is 20.8 Å². The number of methoxy groups -OCH3 is 2. The number of carboxylic acid groups (broad SMARTS) is 1. The maximum absolute atomic E-state index is 12.2. The summed E-state index contributed by atoms with van der Waals surface area (Å²) in [6.45, 7) is 2.18. The molecule has 0 aromatic heterocycles. The molecule has 0 atom stereocenters. The van der Waals surface area contributed by atoms with E-state index in [1.54, 1.807) is 37.5 Å². The van der Waals surface area contributed by atoms with Crippen LogP contribution < -0.4 is 14.2 Å². The second kappa shape index (κ2) is 12.9. The molecule has 0 heterocycles. The zero-order valence-electron chi connectivity index (χ0n) is 19.0. The topological polar surface area (TPSA) is 99.1 Å². The fraction of sp³-hybridized carbons (Fsp3) is 0.269. The molecule has 174 valence electrons. The van der Waals surface area contributed by atoms with Crippen molar-refractivity contribution >= 4 is 29.7 Å². The smallest absolute Gasteiger partial charge is 0.303 e. The lowest BCUT2D eigenvalue weighted by Crippen LogP contribution is -2.03. The molecule has 0 saturated carbocycles. The summed E-state index contributed by atoms with van der Waals surface area (Å²) in [7, 11) is 3.08. The van der Waals surface area contributed by atoms with Gasteiger partial charge < -0.3 is 19.3 Å². The Morgan fingerprint density at radius 1 is 0.848 bits per heavy atom. The van der Waals surface area contributed by atoms with Crippen LogP contribution in [0.25, 0.3) is 12.2 Å². The second-order valence-electron chi connectivity index (χ2n) is 7.26. The Labute approximate surface area is 193 Å². The van der Waals surface area contributed by atoms with Gasteiger partial charge in [-0.2, -0.15) is 0 Å². The molecular formula is C26H28O7. The van der Waals surface area contributed by atoms with Crippen LogP contribution in [-0.4, -0.2) is 43.5 Å². The molecule has 1 N–H and O–H groups in total. The number of hydrogen-bond donors (Lipinski definition) is 1. The maximum Gasteiger partial charge on any atom is 0.303 e. The van der Waals surface area contributed by atoms with Crippen molar-refractivity contribution in [2.45, 2.75) is 26.2 Å². The minimum absolute atomic E-state index is 0.0262. The normalized spacial score (nSPS) is 11.0. The molecule has 0 saturated heterocycles. The molecule has 0 bridgehead atoms. The highest BCUT2D eigenvalue weighted by Gasteiger charge is 2.07. The van der Waals surface area contributed by atoms with Crippen LogP contribution in [0.15, 0.2) is 48.6 Å². The van der Waals surface area contributed by atoms with E-state index in [4.69, 9.17) is 19.3 Å². The fourth-order valence-corrected chi connectivity index (χ4v) is 2.92. The SMILES string of the molecule is COc1cc(/C=C/C(=O)CC(=O)/C=C/c2ccc(OCCCC(=O)O)c(OC)c2)ccc1C. The van der Waals surface area contributed by atoms with Crippen molar-refractivity contribution in [1.82, 2.24) is 0 Å². The minimum Gasteiger partial charge on any atom is -0.496 e. The van der Waals surface area contributed by atoms with Crippen LogP contribution in [0.3, 0.4) is 0 Å². The summed E-state index contributed by atoms with van der Waals surface area (Å²) in [5, 5.41) is 8.67. The third-order valence-corrected chi connectivity index (χ3v) is 4.68. The van der Waals surface area contributed by atoms with E-state index in [9.17, 15) is 14.4 Å². The van der Waals surface area contributed by atoms with E-state index in [2.05, 4.69) is 0 Å². The molecule has 0 aliphatic rings. The Morgan fingerprint density at radius 2 is 1.42 bits per heavy atom. The molecule has 0 spiro atoms. The average Bonchev–Trinajstić information content (AvgIpc) is 2.80. The average molecular weight is 453 g/mol. The van der Waals surface area contributed by atoms with Gasteiger partial charge in [-0.3, -0.25) is 14.4 Å². The van der Waals surface area contributed by atoms with Crippen LogP contribution in [0.2, 0.25) is 0 Å². The predicted octanol–water partition coefficient (Wildman–Crippen LogP) is 4.51. The number of carbonyl (C=O) groups is 3. The van der Waals surface area contributed by atoms with E-state index in [0.717, 1.165) is 16.9 Å². The number of allylic oxidation sites excluding steroid dienone is 2. The number of ether oxygens (including phenoxy) is 3. The monoisotopic (exact) mass is 452 g/mol. The molecule has 2 rings (SSSR count). The molecule has 0 unspecified atom stereocenters. The predicted molar refractivity (Wildman–Crippen MR) is 126 cm³/mol. The maximum atomic E-state index is 12.2. The van der Waals surface area contributed by atoms with Gasteiger partial charge in [-0.25, -0.2) is 0 Å². The highest BCUT2D eigenvalue weighted by molar-refractivity contribution is 6.10. The first-order chi connectivity index (χ1) is 15.8. The summed E-state index contributed by atoms with van der Waals surface area (Å²) in [6, 6.07) is 10.7. The number of carboxylic acids is 1. The second-order valence-corrected chi connectivity index (χ2v) is 7.26. The molecule has 7 nitrogen and oxygen atoms in total. The standard InChI is InChI=1S/C26H28O7/c1-18-6-7-19(15-24(18)31-2)8-11-21(27)17-22(28)12-9-20-10-13-23(25(16-20)32-3)33-14-4-5-26(29)30/h6-13,15-16H,4-5,14,17H2,1-3H3,(H,29,30)/b11-8+,12-9+. The van der Waals surface area contributed by atoms with Gasteiger partial charge in [0, 0.05) is 6.42 Å². The van der Waals surface area contributed by atoms with E-state index in [1.807, 2.05) is 25.1 Å². The van der Waals surface area contributed by atoms with Crippen molar-refractivity contribution in [2.24, 2.45) is 0 Å². The lowest BCUT2D eigenvalue weighted by molar-refractivity contribution is -0.137.